The molecular formula is C12H11BrO2. The van der Waals surface area contributed by atoms with Gasteiger partial charge in [0.05, 0.1) is 7.11 Å². The Morgan fingerprint density at radius 3 is 2.93 bits per heavy atom. The molecule has 0 aliphatic carbocycles. The minimum absolute atomic E-state index is 0.127. The van der Waals surface area contributed by atoms with Crippen LogP contribution in [-0.2, 0) is 9.53 Å². The van der Waals surface area contributed by atoms with Crippen molar-refractivity contribution in [3.8, 4) is 11.8 Å². The van der Waals surface area contributed by atoms with Crippen molar-refractivity contribution in [3.63, 3.8) is 0 Å². The Kier molecular flexibility index (Phi) is 4.38. The number of carbonyl (C=O) groups excluding carboxylic acids is 1. The van der Waals surface area contributed by atoms with Crippen molar-refractivity contribution in [2.75, 3.05) is 7.11 Å². The molecule has 0 aromatic heterocycles. The third kappa shape index (κ3) is 3.77. The van der Waals surface area contributed by atoms with Crippen molar-refractivity contribution in [1.82, 2.24) is 0 Å². The molecule has 0 amide bonds. The summed E-state index contributed by atoms with van der Waals surface area (Å²) in [5.74, 6) is 5.40. The Labute approximate surface area is 97.8 Å². The van der Waals surface area contributed by atoms with E-state index < -0.39 is 0 Å². The topological polar surface area (TPSA) is 26.3 Å². The van der Waals surface area contributed by atoms with Gasteiger partial charge in [-0.1, -0.05) is 33.8 Å². The predicted octanol–water partition coefficient (Wildman–Crippen LogP) is 2.67. The second-order valence-electron chi connectivity index (χ2n) is 3.01. The number of carbonyl (C=O) groups is 1. The molecule has 3 heteroatoms. The second-order valence-corrected chi connectivity index (χ2v) is 3.93. The van der Waals surface area contributed by atoms with E-state index in [0.29, 0.717) is 0 Å². The fraction of sp³-hybridized carbons (Fsp3) is 0.250. The maximum Gasteiger partial charge on any atom is 0.317 e. The Morgan fingerprint density at radius 1 is 1.53 bits per heavy atom. The first-order valence-electron chi connectivity index (χ1n) is 4.45. The lowest BCUT2D eigenvalue weighted by atomic mass is 10.1. The average Bonchev–Trinajstić information content (AvgIpc) is 2.23. The van der Waals surface area contributed by atoms with Gasteiger partial charge >= 0.3 is 5.97 Å². The molecule has 0 heterocycles. The smallest absolute Gasteiger partial charge is 0.317 e. The molecule has 0 bridgehead atoms. The van der Waals surface area contributed by atoms with Gasteiger partial charge in [-0.15, -0.1) is 0 Å². The van der Waals surface area contributed by atoms with Crippen LogP contribution >= 0.6 is 15.9 Å². The van der Waals surface area contributed by atoms with Crippen molar-refractivity contribution in [3.05, 3.63) is 33.8 Å². The van der Waals surface area contributed by atoms with Crippen LogP contribution in [0, 0.1) is 18.8 Å². The van der Waals surface area contributed by atoms with Crippen LogP contribution in [0.25, 0.3) is 0 Å². The van der Waals surface area contributed by atoms with Gasteiger partial charge in [-0.05, 0) is 24.6 Å². The molecule has 1 rings (SSSR count). The zero-order chi connectivity index (χ0) is 11.3. The molecule has 2 nitrogen and oxygen atoms in total. The van der Waals surface area contributed by atoms with Crippen LogP contribution in [0.2, 0.25) is 0 Å². The van der Waals surface area contributed by atoms with Crippen LogP contribution in [0.15, 0.2) is 22.7 Å². The highest BCUT2D eigenvalue weighted by molar-refractivity contribution is 9.10. The minimum Gasteiger partial charge on any atom is -0.468 e. The second kappa shape index (κ2) is 5.57. The lowest BCUT2D eigenvalue weighted by Crippen LogP contribution is -1.97. The molecule has 0 saturated heterocycles. The summed E-state index contributed by atoms with van der Waals surface area (Å²) in [7, 11) is 1.36. The summed E-state index contributed by atoms with van der Waals surface area (Å²) in [4.78, 5) is 10.8. The molecule has 0 fully saturated rings. The van der Waals surface area contributed by atoms with Gasteiger partial charge in [-0.25, -0.2) is 0 Å². The Morgan fingerprint density at radius 2 is 2.27 bits per heavy atom. The standard InChI is InChI=1S/C12H11BrO2/c1-9-6-7-11(13)8-10(9)4-3-5-12(14)15-2/h6-8H,5H2,1-2H3. The SMILES string of the molecule is COC(=O)CC#Cc1cc(Br)ccc1C. The number of methoxy groups -OCH3 is 1. The summed E-state index contributed by atoms with van der Waals surface area (Å²) in [6.45, 7) is 1.98. The molecule has 15 heavy (non-hydrogen) atoms. The highest BCUT2D eigenvalue weighted by Gasteiger charge is 1.96. The highest BCUT2D eigenvalue weighted by Crippen LogP contribution is 2.14. The van der Waals surface area contributed by atoms with Gasteiger partial charge in [0.25, 0.3) is 0 Å². The predicted molar refractivity (Wildman–Crippen MR) is 62.4 cm³/mol. The lowest BCUT2D eigenvalue weighted by Gasteiger charge is -1.97. The van der Waals surface area contributed by atoms with Gasteiger partial charge in [-0.2, -0.15) is 0 Å². The van der Waals surface area contributed by atoms with Gasteiger partial charge in [0.15, 0.2) is 0 Å². The van der Waals surface area contributed by atoms with Crippen molar-refractivity contribution < 1.29 is 9.53 Å². The van der Waals surface area contributed by atoms with Gasteiger partial charge in [0, 0.05) is 10.0 Å². The number of benzene rings is 1. The average molecular weight is 267 g/mol. The summed E-state index contributed by atoms with van der Waals surface area (Å²) in [6.07, 6.45) is 0.127. The summed E-state index contributed by atoms with van der Waals surface area (Å²) < 4.78 is 5.47. The van der Waals surface area contributed by atoms with Crippen LogP contribution in [0.5, 0.6) is 0 Å². The maximum absolute atomic E-state index is 10.8. The fourth-order valence-corrected chi connectivity index (χ4v) is 1.37. The van der Waals surface area contributed by atoms with E-state index in [9.17, 15) is 4.79 Å². The Balaban J connectivity index is 2.79. The van der Waals surface area contributed by atoms with E-state index in [2.05, 4.69) is 32.5 Å². The van der Waals surface area contributed by atoms with Crippen molar-refractivity contribution in [2.45, 2.75) is 13.3 Å². The third-order valence-electron chi connectivity index (χ3n) is 1.88. The van der Waals surface area contributed by atoms with Gasteiger partial charge in [0.1, 0.15) is 6.42 Å². The maximum atomic E-state index is 10.8. The number of aryl methyl sites for hydroxylation is 1. The molecule has 0 aliphatic rings. The number of ether oxygens (including phenoxy) is 1. The molecule has 0 N–H and O–H groups in total. The van der Waals surface area contributed by atoms with Gasteiger partial charge in [-0.3, -0.25) is 4.79 Å². The molecule has 0 saturated carbocycles. The first-order chi connectivity index (χ1) is 7.13. The Bertz CT molecular complexity index is 427. The molecule has 78 valence electrons. The zero-order valence-electron chi connectivity index (χ0n) is 8.63. The Hall–Kier alpha value is -1.27. The molecule has 1 aromatic carbocycles. The van der Waals surface area contributed by atoms with Crippen LogP contribution in [-0.4, -0.2) is 13.1 Å². The number of hydrogen-bond donors (Lipinski definition) is 0. The molecule has 0 radical (unpaired) electrons. The van der Waals surface area contributed by atoms with Crippen molar-refractivity contribution >= 4 is 21.9 Å². The van der Waals surface area contributed by atoms with Crippen molar-refractivity contribution in [2.24, 2.45) is 0 Å². The summed E-state index contributed by atoms with van der Waals surface area (Å²) in [5.41, 5.74) is 2.02. The number of halogens is 1. The van der Waals surface area contributed by atoms with Crippen LogP contribution < -0.4 is 0 Å². The van der Waals surface area contributed by atoms with E-state index >= 15 is 0 Å². The highest BCUT2D eigenvalue weighted by atomic mass is 79.9. The van der Waals surface area contributed by atoms with E-state index in [0.717, 1.165) is 15.6 Å². The first-order valence-corrected chi connectivity index (χ1v) is 5.24. The normalized spacial score (nSPS) is 9.00. The lowest BCUT2D eigenvalue weighted by molar-refractivity contribution is -0.139. The van der Waals surface area contributed by atoms with E-state index in [1.54, 1.807) is 0 Å². The fourth-order valence-electron chi connectivity index (χ4n) is 1.01. The summed E-state index contributed by atoms with van der Waals surface area (Å²) in [5, 5.41) is 0. The first kappa shape index (κ1) is 11.8. The minimum atomic E-state index is -0.310. The van der Waals surface area contributed by atoms with E-state index in [1.165, 1.54) is 7.11 Å². The van der Waals surface area contributed by atoms with E-state index in [4.69, 9.17) is 0 Å². The van der Waals surface area contributed by atoms with Crippen LogP contribution in [0.1, 0.15) is 17.5 Å². The molecule has 0 aliphatic heterocycles. The molecule has 0 unspecified atom stereocenters. The molecule has 0 spiro atoms. The van der Waals surface area contributed by atoms with Crippen molar-refractivity contribution in [1.29, 1.82) is 0 Å². The molecular weight excluding hydrogens is 256 g/mol. The summed E-state index contributed by atoms with van der Waals surface area (Å²) in [6, 6.07) is 5.87. The van der Waals surface area contributed by atoms with Gasteiger partial charge in [0.2, 0.25) is 0 Å². The van der Waals surface area contributed by atoms with Crippen LogP contribution in [0.4, 0.5) is 0 Å². The third-order valence-corrected chi connectivity index (χ3v) is 2.38. The van der Waals surface area contributed by atoms with Gasteiger partial charge < -0.3 is 4.74 Å². The summed E-state index contributed by atoms with van der Waals surface area (Å²) >= 11 is 3.37. The molecule has 1 aromatic rings. The largest absolute Gasteiger partial charge is 0.468 e. The molecule has 0 atom stereocenters. The van der Waals surface area contributed by atoms with E-state index in [-0.39, 0.29) is 12.4 Å². The van der Waals surface area contributed by atoms with Crippen LogP contribution in [0.3, 0.4) is 0 Å². The zero-order valence-corrected chi connectivity index (χ0v) is 10.2. The number of esters is 1. The van der Waals surface area contributed by atoms with E-state index in [1.807, 2.05) is 25.1 Å². The monoisotopic (exact) mass is 266 g/mol. The number of hydrogen-bond acceptors (Lipinski definition) is 2. The number of rotatable bonds is 1. The quantitative estimate of drug-likeness (QED) is 0.577.